The molecule has 1 saturated heterocycles. The molecule has 1 aliphatic rings. The molecule has 2 aromatic heterocycles. The molecule has 2 N–H and O–H groups in total. The second-order valence-electron chi connectivity index (χ2n) is 7.17. The second-order valence-corrected chi connectivity index (χ2v) is 7.17. The Labute approximate surface area is 178 Å². The van der Waals surface area contributed by atoms with E-state index >= 15 is 0 Å². The van der Waals surface area contributed by atoms with E-state index in [0.29, 0.717) is 34.8 Å². The number of aliphatic hydroxyl groups is 1. The molecule has 3 heterocycles. The van der Waals surface area contributed by atoms with E-state index in [9.17, 15) is 19.8 Å². The van der Waals surface area contributed by atoms with Crippen molar-refractivity contribution in [3.05, 3.63) is 66.1 Å². The third-order valence-electron chi connectivity index (χ3n) is 4.95. The van der Waals surface area contributed by atoms with Crippen molar-refractivity contribution in [2.24, 2.45) is 0 Å². The number of hydrogen-bond donors (Lipinski definition) is 2. The average molecular weight is 414 g/mol. The topological polar surface area (TPSA) is 117 Å². The summed E-state index contributed by atoms with van der Waals surface area (Å²) in [7, 11) is 1.62. The van der Waals surface area contributed by atoms with Crippen LogP contribution in [0.15, 0.2) is 54.9 Å². The number of likely N-dealkylation sites (tertiary alicyclic amines) is 1. The summed E-state index contributed by atoms with van der Waals surface area (Å²) < 4.78 is 0. The van der Waals surface area contributed by atoms with E-state index in [1.54, 1.807) is 55.8 Å². The predicted molar refractivity (Wildman–Crippen MR) is 112 cm³/mol. The largest absolute Gasteiger partial charge is 0.477 e. The van der Waals surface area contributed by atoms with Crippen LogP contribution in [0.4, 0.5) is 0 Å². The second kappa shape index (κ2) is 7.97. The Hall–Kier alpha value is -4.09. The molecule has 0 radical (unpaired) electrons. The van der Waals surface area contributed by atoms with Gasteiger partial charge in [0.1, 0.15) is 5.69 Å². The molecule has 0 aliphatic carbocycles. The fourth-order valence-corrected chi connectivity index (χ4v) is 3.27. The molecular formula is C23H18N4O4. The van der Waals surface area contributed by atoms with Crippen LogP contribution in [0.2, 0.25) is 0 Å². The number of likely N-dealkylation sites (N-methyl/N-ethyl adjacent to an activating group) is 1. The lowest BCUT2D eigenvalue weighted by Crippen LogP contribution is -2.37. The summed E-state index contributed by atoms with van der Waals surface area (Å²) in [6.07, 6.45) is 3.40. The number of rotatable bonds is 3. The fourth-order valence-electron chi connectivity index (χ4n) is 3.27. The van der Waals surface area contributed by atoms with Gasteiger partial charge in [-0.1, -0.05) is 24.0 Å². The molecule has 8 heteroatoms. The van der Waals surface area contributed by atoms with Gasteiger partial charge in [0, 0.05) is 49.1 Å². The molecule has 1 fully saturated rings. The average Bonchev–Trinajstić information content (AvgIpc) is 3.06. The Bertz CT molecular complexity index is 1230. The lowest BCUT2D eigenvalue weighted by atomic mass is 10.0. The number of carbonyl (C=O) groups is 2. The van der Waals surface area contributed by atoms with Crippen LogP contribution in [-0.4, -0.2) is 61.1 Å². The quantitative estimate of drug-likeness (QED) is 0.628. The summed E-state index contributed by atoms with van der Waals surface area (Å²) in [4.78, 5) is 37.7. The summed E-state index contributed by atoms with van der Waals surface area (Å²) in [5, 5.41) is 20.0. The summed E-state index contributed by atoms with van der Waals surface area (Å²) in [5.74, 6) is 4.34. The number of aromatic nitrogens is 3. The molecule has 0 unspecified atom stereocenters. The predicted octanol–water partition coefficient (Wildman–Crippen LogP) is 1.85. The van der Waals surface area contributed by atoms with E-state index in [2.05, 4.69) is 26.8 Å². The molecule has 4 rings (SSSR count). The number of nitrogens with zero attached hydrogens (tertiary/aromatic N) is 4. The number of aromatic carboxylic acids is 1. The highest BCUT2D eigenvalue weighted by Crippen LogP contribution is 2.25. The molecule has 1 atom stereocenters. The van der Waals surface area contributed by atoms with Crippen LogP contribution in [-0.2, 0) is 4.79 Å². The zero-order chi connectivity index (χ0) is 22.0. The van der Waals surface area contributed by atoms with Crippen LogP contribution in [0.5, 0.6) is 0 Å². The molecule has 154 valence electrons. The molecule has 1 amide bonds. The Morgan fingerprint density at radius 1 is 1.13 bits per heavy atom. The third kappa shape index (κ3) is 4.13. The molecule has 1 aliphatic heterocycles. The highest BCUT2D eigenvalue weighted by Gasteiger charge is 2.42. The highest BCUT2D eigenvalue weighted by molar-refractivity contribution is 5.90. The first-order valence-corrected chi connectivity index (χ1v) is 9.50. The highest BCUT2D eigenvalue weighted by atomic mass is 16.4. The van der Waals surface area contributed by atoms with Gasteiger partial charge >= 0.3 is 5.97 Å². The van der Waals surface area contributed by atoms with Crippen molar-refractivity contribution in [1.29, 1.82) is 0 Å². The Morgan fingerprint density at radius 2 is 1.90 bits per heavy atom. The maximum atomic E-state index is 12.1. The molecule has 3 aromatic rings. The maximum Gasteiger partial charge on any atom is 0.354 e. The van der Waals surface area contributed by atoms with Crippen LogP contribution < -0.4 is 0 Å². The molecule has 8 nitrogen and oxygen atoms in total. The maximum absolute atomic E-state index is 12.1. The SMILES string of the molecule is CN1CC[C@@](O)(C#Cc2cccc(-c3cc(-c4ncccn4)cc(C(=O)O)n3)c2)C1=O. The van der Waals surface area contributed by atoms with Crippen LogP contribution in [0.3, 0.4) is 0 Å². The van der Waals surface area contributed by atoms with E-state index < -0.39 is 17.5 Å². The number of carbonyl (C=O) groups excluding carboxylic acids is 1. The minimum Gasteiger partial charge on any atom is -0.477 e. The first-order chi connectivity index (χ1) is 14.9. The first kappa shape index (κ1) is 20.2. The summed E-state index contributed by atoms with van der Waals surface area (Å²) >= 11 is 0. The smallest absolute Gasteiger partial charge is 0.354 e. The third-order valence-corrected chi connectivity index (χ3v) is 4.95. The van der Waals surface area contributed by atoms with Crippen molar-refractivity contribution in [1.82, 2.24) is 19.9 Å². The zero-order valence-corrected chi connectivity index (χ0v) is 16.6. The minimum atomic E-state index is -1.69. The summed E-state index contributed by atoms with van der Waals surface area (Å²) in [6.45, 7) is 0.445. The van der Waals surface area contributed by atoms with Gasteiger partial charge in [-0.3, -0.25) is 4.79 Å². The van der Waals surface area contributed by atoms with Gasteiger partial charge in [-0.15, -0.1) is 0 Å². The summed E-state index contributed by atoms with van der Waals surface area (Å²) in [6, 6.07) is 11.8. The Morgan fingerprint density at radius 3 is 2.58 bits per heavy atom. The minimum absolute atomic E-state index is 0.134. The number of pyridine rings is 1. The number of carboxylic acids is 1. The van der Waals surface area contributed by atoms with Crippen LogP contribution >= 0.6 is 0 Å². The van der Waals surface area contributed by atoms with Gasteiger partial charge in [-0.25, -0.2) is 19.7 Å². The molecule has 0 bridgehead atoms. The molecule has 1 aromatic carbocycles. The van der Waals surface area contributed by atoms with Gasteiger partial charge in [0.2, 0.25) is 5.60 Å². The van der Waals surface area contributed by atoms with E-state index in [-0.39, 0.29) is 12.1 Å². The van der Waals surface area contributed by atoms with Crippen molar-refractivity contribution in [3.8, 4) is 34.5 Å². The Kier molecular flexibility index (Phi) is 5.19. The number of carboxylic acid groups (broad SMARTS) is 1. The van der Waals surface area contributed by atoms with E-state index in [1.807, 2.05) is 0 Å². The van der Waals surface area contributed by atoms with Gasteiger partial charge in [0.05, 0.1) is 5.69 Å². The lowest BCUT2D eigenvalue weighted by molar-refractivity contribution is -0.137. The van der Waals surface area contributed by atoms with Gasteiger partial charge in [0.25, 0.3) is 5.91 Å². The normalized spacial score (nSPS) is 17.9. The van der Waals surface area contributed by atoms with Crippen LogP contribution in [0, 0.1) is 11.8 Å². The standard InChI is InChI=1S/C23H18N4O4/c1-27-11-8-23(31,22(27)30)7-6-15-4-2-5-16(12-15)18-13-17(14-19(26-18)21(28)29)20-24-9-3-10-25-20/h2-5,9-10,12-14,31H,8,11H2,1H3,(H,28,29)/t23-/m0/s1. The van der Waals surface area contributed by atoms with Gasteiger partial charge in [-0.05, 0) is 30.3 Å². The van der Waals surface area contributed by atoms with Crippen molar-refractivity contribution in [2.45, 2.75) is 12.0 Å². The summed E-state index contributed by atoms with van der Waals surface area (Å²) in [5.41, 5.74) is 0.312. The monoisotopic (exact) mass is 414 g/mol. The fraction of sp³-hybridized carbons (Fsp3) is 0.174. The van der Waals surface area contributed by atoms with Crippen molar-refractivity contribution in [3.63, 3.8) is 0 Å². The van der Waals surface area contributed by atoms with Crippen molar-refractivity contribution < 1.29 is 19.8 Å². The van der Waals surface area contributed by atoms with Crippen LogP contribution in [0.1, 0.15) is 22.5 Å². The lowest BCUT2D eigenvalue weighted by Gasteiger charge is -2.13. The number of benzene rings is 1. The van der Waals surface area contributed by atoms with E-state index in [1.165, 1.54) is 11.0 Å². The number of hydrogen-bond acceptors (Lipinski definition) is 6. The van der Waals surface area contributed by atoms with Crippen molar-refractivity contribution in [2.75, 3.05) is 13.6 Å². The molecule has 31 heavy (non-hydrogen) atoms. The van der Waals surface area contributed by atoms with E-state index in [0.717, 1.165) is 0 Å². The van der Waals surface area contributed by atoms with Gasteiger partial charge in [0.15, 0.2) is 5.82 Å². The Balaban J connectivity index is 1.73. The molecule has 0 saturated carbocycles. The van der Waals surface area contributed by atoms with Gasteiger partial charge < -0.3 is 15.1 Å². The molecular weight excluding hydrogens is 396 g/mol. The van der Waals surface area contributed by atoms with Gasteiger partial charge in [-0.2, -0.15) is 0 Å². The number of amides is 1. The zero-order valence-electron chi connectivity index (χ0n) is 16.6. The van der Waals surface area contributed by atoms with Crippen molar-refractivity contribution >= 4 is 11.9 Å². The first-order valence-electron chi connectivity index (χ1n) is 9.50. The van der Waals surface area contributed by atoms with Crippen LogP contribution in [0.25, 0.3) is 22.6 Å². The van der Waals surface area contributed by atoms with E-state index in [4.69, 9.17) is 0 Å². The molecule has 0 spiro atoms.